The summed E-state index contributed by atoms with van der Waals surface area (Å²) < 4.78 is 37.1. The highest BCUT2D eigenvalue weighted by molar-refractivity contribution is 6.33. The molecule has 1 aromatic carbocycles. The molecule has 2 N–H and O–H groups in total. The highest BCUT2D eigenvalue weighted by Crippen LogP contribution is 2.19. The van der Waals surface area contributed by atoms with Crippen LogP contribution in [0.4, 0.5) is 14.6 Å². The SMILES string of the molecule is Bc1ccc(OC)c(F)c1COc1ncc(F)c(N)n1. The Hall–Kier alpha value is -2.38. The maximum Gasteiger partial charge on any atom is 0.318 e. The first-order chi connectivity index (χ1) is 9.52. The molecule has 2 aromatic rings. The van der Waals surface area contributed by atoms with Gasteiger partial charge in [0, 0.05) is 5.56 Å². The summed E-state index contributed by atoms with van der Waals surface area (Å²) in [5.74, 6) is -1.45. The lowest BCUT2D eigenvalue weighted by molar-refractivity contribution is 0.273. The van der Waals surface area contributed by atoms with Gasteiger partial charge in [0.25, 0.3) is 0 Å². The Morgan fingerprint density at radius 3 is 2.75 bits per heavy atom. The van der Waals surface area contributed by atoms with E-state index in [0.29, 0.717) is 11.0 Å². The summed E-state index contributed by atoms with van der Waals surface area (Å²) in [5, 5.41) is 0. The Labute approximate surface area is 115 Å². The standard InChI is InChI=1S/C12H12BF2N3O2/c1-19-9-3-2-7(13)6(10(9)15)5-20-12-17-4-8(14)11(16)18-12/h2-4H,5,13H2,1H3,(H2,16,17,18). The average Bonchev–Trinajstić information content (AvgIpc) is 2.42. The molecule has 0 aliphatic heterocycles. The fourth-order valence-corrected chi connectivity index (χ4v) is 1.60. The summed E-state index contributed by atoms with van der Waals surface area (Å²) in [6, 6.07) is 3.12. The highest BCUT2D eigenvalue weighted by Gasteiger charge is 2.13. The van der Waals surface area contributed by atoms with E-state index >= 15 is 0 Å². The van der Waals surface area contributed by atoms with Gasteiger partial charge in [-0.15, -0.1) is 0 Å². The molecule has 0 fully saturated rings. The van der Waals surface area contributed by atoms with Gasteiger partial charge < -0.3 is 15.2 Å². The first kappa shape index (κ1) is 14.0. The van der Waals surface area contributed by atoms with Gasteiger partial charge in [0.2, 0.25) is 0 Å². The van der Waals surface area contributed by atoms with E-state index in [4.69, 9.17) is 15.2 Å². The first-order valence-electron chi connectivity index (χ1n) is 5.75. The molecule has 1 aromatic heterocycles. The lowest BCUT2D eigenvalue weighted by Crippen LogP contribution is -2.16. The molecule has 20 heavy (non-hydrogen) atoms. The van der Waals surface area contributed by atoms with Gasteiger partial charge in [0.15, 0.2) is 23.2 Å². The summed E-state index contributed by atoms with van der Waals surface area (Å²) in [4.78, 5) is 7.22. The molecule has 5 nitrogen and oxygen atoms in total. The minimum absolute atomic E-state index is 0.111. The lowest BCUT2D eigenvalue weighted by Gasteiger charge is -2.11. The van der Waals surface area contributed by atoms with Crippen LogP contribution >= 0.6 is 0 Å². The molecule has 0 radical (unpaired) electrons. The molecule has 0 bridgehead atoms. The summed E-state index contributed by atoms with van der Waals surface area (Å²) in [6.45, 7) is -0.111. The molecule has 2 rings (SSSR count). The van der Waals surface area contributed by atoms with Crippen molar-refractivity contribution in [1.82, 2.24) is 9.97 Å². The lowest BCUT2D eigenvalue weighted by atomic mass is 9.90. The number of anilines is 1. The minimum atomic E-state index is -0.735. The van der Waals surface area contributed by atoms with Gasteiger partial charge >= 0.3 is 6.01 Å². The molecule has 1 heterocycles. The maximum atomic E-state index is 14.0. The quantitative estimate of drug-likeness (QED) is 0.809. The van der Waals surface area contributed by atoms with Crippen molar-refractivity contribution in [1.29, 1.82) is 0 Å². The molecule has 0 unspecified atom stereocenters. The zero-order valence-corrected chi connectivity index (χ0v) is 11.0. The second-order valence-corrected chi connectivity index (χ2v) is 4.05. The first-order valence-corrected chi connectivity index (χ1v) is 5.75. The van der Waals surface area contributed by atoms with Crippen LogP contribution in [0.25, 0.3) is 0 Å². The number of methoxy groups -OCH3 is 1. The molecule has 0 aliphatic carbocycles. The number of aromatic nitrogens is 2. The summed E-state index contributed by atoms with van der Waals surface area (Å²) >= 11 is 0. The number of nitrogen functional groups attached to an aromatic ring is 1. The number of benzene rings is 1. The molecule has 0 spiro atoms. The fourth-order valence-electron chi connectivity index (χ4n) is 1.60. The number of hydrogen-bond donors (Lipinski definition) is 1. The van der Waals surface area contributed by atoms with Crippen molar-refractivity contribution in [3.8, 4) is 11.8 Å². The van der Waals surface area contributed by atoms with Crippen LogP contribution < -0.4 is 20.7 Å². The van der Waals surface area contributed by atoms with Crippen molar-refractivity contribution < 1.29 is 18.3 Å². The van der Waals surface area contributed by atoms with Crippen LogP contribution in [0.1, 0.15) is 5.56 Å². The van der Waals surface area contributed by atoms with Crippen molar-refractivity contribution >= 4 is 19.1 Å². The van der Waals surface area contributed by atoms with Crippen LogP contribution in [-0.2, 0) is 6.61 Å². The topological polar surface area (TPSA) is 70.3 Å². The normalized spacial score (nSPS) is 10.3. The van der Waals surface area contributed by atoms with Crippen LogP contribution in [0.5, 0.6) is 11.8 Å². The van der Waals surface area contributed by atoms with Gasteiger partial charge in [-0.05, 0) is 6.07 Å². The van der Waals surface area contributed by atoms with Gasteiger partial charge in [-0.25, -0.2) is 13.8 Å². The minimum Gasteiger partial charge on any atom is -0.494 e. The van der Waals surface area contributed by atoms with Crippen molar-refractivity contribution in [2.45, 2.75) is 6.61 Å². The Morgan fingerprint density at radius 1 is 1.35 bits per heavy atom. The van der Waals surface area contributed by atoms with Gasteiger partial charge in [0.05, 0.1) is 13.3 Å². The predicted octanol–water partition coefficient (Wildman–Crippen LogP) is 0.183. The fraction of sp³-hybridized carbons (Fsp3) is 0.167. The van der Waals surface area contributed by atoms with Crippen LogP contribution in [0.15, 0.2) is 18.3 Å². The Bertz CT molecular complexity index is 640. The molecule has 0 saturated carbocycles. The largest absolute Gasteiger partial charge is 0.494 e. The van der Waals surface area contributed by atoms with Gasteiger partial charge in [0.1, 0.15) is 14.5 Å². The molecule has 0 saturated heterocycles. The summed E-state index contributed by atoms with van der Waals surface area (Å²) in [6.07, 6.45) is 0.895. The van der Waals surface area contributed by atoms with Crippen LogP contribution in [0, 0.1) is 11.6 Å². The predicted molar refractivity (Wildman–Crippen MR) is 71.9 cm³/mol. The number of rotatable bonds is 4. The number of halogens is 2. The number of ether oxygens (including phenoxy) is 2. The monoisotopic (exact) mass is 279 g/mol. The molecule has 104 valence electrons. The molecule has 0 amide bonds. The van der Waals surface area contributed by atoms with E-state index in [2.05, 4.69) is 9.97 Å². The van der Waals surface area contributed by atoms with Crippen LogP contribution in [-0.4, -0.2) is 24.9 Å². The van der Waals surface area contributed by atoms with Crippen molar-refractivity contribution in [2.75, 3.05) is 12.8 Å². The molecular formula is C12H12BF2N3O2. The second kappa shape index (κ2) is 5.73. The third-order valence-corrected chi connectivity index (χ3v) is 2.76. The second-order valence-electron chi connectivity index (χ2n) is 4.05. The van der Waals surface area contributed by atoms with Crippen LogP contribution in [0.3, 0.4) is 0 Å². The molecule has 0 aliphatic rings. The van der Waals surface area contributed by atoms with E-state index in [0.717, 1.165) is 6.20 Å². The van der Waals surface area contributed by atoms with Crippen molar-refractivity contribution in [3.05, 3.63) is 35.5 Å². The van der Waals surface area contributed by atoms with E-state index < -0.39 is 11.6 Å². The molecule has 0 atom stereocenters. The van der Waals surface area contributed by atoms with Gasteiger partial charge in [-0.1, -0.05) is 11.5 Å². The molecule has 8 heteroatoms. The smallest absolute Gasteiger partial charge is 0.318 e. The van der Waals surface area contributed by atoms with Crippen LogP contribution in [0.2, 0.25) is 0 Å². The van der Waals surface area contributed by atoms with Crippen molar-refractivity contribution in [3.63, 3.8) is 0 Å². The van der Waals surface area contributed by atoms with E-state index in [1.54, 1.807) is 13.9 Å². The van der Waals surface area contributed by atoms with E-state index in [1.165, 1.54) is 13.2 Å². The zero-order chi connectivity index (χ0) is 14.7. The third kappa shape index (κ3) is 2.79. The third-order valence-electron chi connectivity index (χ3n) is 2.76. The average molecular weight is 279 g/mol. The zero-order valence-electron chi connectivity index (χ0n) is 11.0. The van der Waals surface area contributed by atoms with Crippen molar-refractivity contribution in [2.24, 2.45) is 0 Å². The Balaban J connectivity index is 2.20. The van der Waals surface area contributed by atoms with E-state index in [9.17, 15) is 8.78 Å². The van der Waals surface area contributed by atoms with E-state index in [-0.39, 0.29) is 24.2 Å². The van der Waals surface area contributed by atoms with Gasteiger partial charge in [-0.3, -0.25) is 0 Å². The number of nitrogens with two attached hydrogens (primary N) is 1. The Kier molecular flexibility index (Phi) is 4.02. The number of hydrogen-bond acceptors (Lipinski definition) is 5. The highest BCUT2D eigenvalue weighted by atomic mass is 19.1. The summed E-state index contributed by atoms with van der Waals surface area (Å²) in [7, 11) is 3.11. The summed E-state index contributed by atoms with van der Waals surface area (Å²) in [5.41, 5.74) is 6.30. The maximum absolute atomic E-state index is 14.0. The number of nitrogens with zero attached hydrogens (tertiary/aromatic N) is 2. The van der Waals surface area contributed by atoms with E-state index in [1.807, 2.05) is 0 Å². The Morgan fingerprint density at radius 2 is 2.10 bits per heavy atom. The molecular weight excluding hydrogens is 267 g/mol. The van der Waals surface area contributed by atoms with Gasteiger partial charge in [-0.2, -0.15) is 4.98 Å².